The molecule has 1 amide bonds. The van der Waals surface area contributed by atoms with Crippen LogP contribution in [0.15, 0.2) is 52.3 Å². The van der Waals surface area contributed by atoms with Crippen molar-refractivity contribution < 1.29 is 26.4 Å². The zero-order chi connectivity index (χ0) is 26.8. The molecule has 37 heavy (non-hydrogen) atoms. The highest BCUT2D eigenvalue weighted by Gasteiger charge is 2.32. The second kappa shape index (κ2) is 11.2. The minimum atomic E-state index is -3.82. The van der Waals surface area contributed by atoms with Crippen molar-refractivity contribution in [3.63, 3.8) is 0 Å². The number of rotatable bonds is 6. The second-order valence-corrected chi connectivity index (χ2v) is 13.7. The SMILES string of the molecule is Cc1ccc(NC(=O)c2cccc(S(=O)(=O)N3C[C@@H](C)O[C@@H](C)C3)c2)cc1S(=O)(=O)N1CCCCCC1. The highest BCUT2D eigenvalue weighted by Crippen LogP contribution is 2.27. The smallest absolute Gasteiger partial charge is 0.255 e. The second-order valence-electron chi connectivity index (χ2n) is 9.86. The van der Waals surface area contributed by atoms with Gasteiger partial charge in [0.2, 0.25) is 20.0 Å². The summed E-state index contributed by atoms with van der Waals surface area (Å²) < 4.78 is 61.7. The lowest BCUT2D eigenvalue weighted by molar-refractivity contribution is -0.0440. The largest absolute Gasteiger partial charge is 0.373 e. The van der Waals surface area contributed by atoms with Crippen molar-refractivity contribution >= 4 is 31.6 Å². The molecule has 4 rings (SSSR count). The van der Waals surface area contributed by atoms with Crippen molar-refractivity contribution in [1.29, 1.82) is 0 Å². The lowest BCUT2D eigenvalue weighted by Crippen LogP contribution is -2.48. The van der Waals surface area contributed by atoms with Crippen LogP contribution in [0.5, 0.6) is 0 Å². The van der Waals surface area contributed by atoms with Crippen molar-refractivity contribution in [1.82, 2.24) is 8.61 Å². The number of carbonyl (C=O) groups is 1. The van der Waals surface area contributed by atoms with E-state index in [1.165, 1.54) is 38.9 Å². The maximum Gasteiger partial charge on any atom is 0.255 e. The number of sulfonamides is 2. The Morgan fingerprint density at radius 3 is 2.16 bits per heavy atom. The molecule has 0 unspecified atom stereocenters. The van der Waals surface area contributed by atoms with E-state index in [1.807, 2.05) is 13.8 Å². The van der Waals surface area contributed by atoms with Crippen LogP contribution < -0.4 is 5.32 Å². The van der Waals surface area contributed by atoms with Crippen LogP contribution in [-0.4, -0.2) is 69.7 Å². The molecule has 0 spiro atoms. The van der Waals surface area contributed by atoms with Gasteiger partial charge in [0.05, 0.1) is 22.0 Å². The molecule has 11 heteroatoms. The van der Waals surface area contributed by atoms with E-state index in [2.05, 4.69) is 5.32 Å². The molecule has 2 aliphatic heterocycles. The molecule has 2 fully saturated rings. The summed E-state index contributed by atoms with van der Waals surface area (Å²) >= 11 is 0. The van der Waals surface area contributed by atoms with Crippen LogP contribution in [0.2, 0.25) is 0 Å². The van der Waals surface area contributed by atoms with Crippen LogP contribution in [0.1, 0.15) is 55.5 Å². The molecule has 9 nitrogen and oxygen atoms in total. The summed E-state index contributed by atoms with van der Waals surface area (Å²) in [6.45, 7) is 6.83. The van der Waals surface area contributed by atoms with Crippen molar-refractivity contribution in [2.75, 3.05) is 31.5 Å². The molecular weight excluding hydrogens is 514 g/mol. The summed E-state index contributed by atoms with van der Waals surface area (Å²) in [4.78, 5) is 13.3. The molecule has 2 atom stereocenters. The Hall–Kier alpha value is -2.31. The van der Waals surface area contributed by atoms with E-state index in [0.717, 1.165) is 25.7 Å². The molecule has 2 aromatic rings. The maximum absolute atomic E-state index is 13.4. The molecule has 0 bridgehead atoms. The molecule has 0 radical (unpaired) electrons. The number of nitrogens with one attached hydrogen (secondary N) is 1. The third-order valence-corrected chi connectivity index (χ3v) is 10.6. The predicted molar refractivity (Wildman–Crippen MR) is 142 cm³/mol. The number of aryl methyl sites for hydroxylation is 1. The molecular formula is C26H35N3O6S2. The third-order valence-electron chi connectivity index (χ3n) is 6.75. The monoisotopic (exact) mass is 549 g/mol. The van der Waals surface area contributed by atoms with E-state index in [9.17, 15) is 21.6 Å². The van der Waals surface area contributed by atoms with Crippen LogP contribution in [0.4, 0.5) is 5.69 Å². The Morgan fingerprint density at radius 1 is 0.865 bits per heavy atom. The number of anilines is 1. The lowest BCUT2D eigenvalue weighted by atomic mass is 10.2. The fraction of sp³-hybridized carbons (Fsp3) is 0.500. The van der Waals surface area contributed by atoms with Crippen molar-refractivity contribution in [3.05, 3.63) is 53.6 Å². The van der Waals surface area contributed by atoms with E-state index in [-0.39, 0.29) is 40.7 Å². The summed E-state index contributed by atoms with van der Waals surface area (Å²) in [6.07, 6.45) is 3.23. The summed E-state index contributed by atoms with van der Waals surface area (Å²) in [6, 6.07) is 10.7. The summed E-state index contributed by atoms with van der Waals surface area (Å²) in [5, 5.41) is 2.74. The highest BCUT2D eigenvalue weighted by molar-refractivity contribution is 7.89. The van der Waals surface area contributed by atoms with Gasteiger partial charge < -0.3 is 10.1 Å². The van der Waals surface area contributed by atoms with Gasteiger partial charge >= 0.3 is 0 Å². The topological polar surface area (TPSA) is 113 Å². The zero-order valence-electron chi connectivity index (χ0n) is 21.5. The Kier molecular flexibility index (Phi) is 8.39. The minimum absolute atomic E-state index is 0.0230. The van der Waals surface area contributed by atoms with Gasteiger partial charge in [-0.05, 0) is 69.5 Å². The number of hydrogen-bond donors (Lipinski definition) is 1. The van der Waals surface area contributed by atoms with E-state index >= 15 is 0 Å². The summed E-state index contributed by atoms with van der Waals surface area (Å²) in [5.41, 5.74) is 1.09. The quantitative estimate of drug-likeness (QED) is 0.589. The molecule has 0 aromatic heterocycles. The molecule has 0 aliphatic carbocycles. The molecule has 2 aliphatic rings. The lowest BCUT2D eigenvalue weighted by Gasteiger charge is -2.34. The van der Waals surface area contributed by atoms with Gasteiger partial charge in [0.25, 0.3) is 5.91 Å². The first-order valence-corrected chi connectivity index (χ1v) is 15.5. The number of carbonyl (C=O) groups excluding carboxylic acids is 1. The third kappa shape index (κ3) is 6.23. The summed E-state index contributed by atoms with van der Waals surface area (Å²) in [5.74, 6) is -0.525. The first-order chi connectivity index (χ1) is 17.5. The van der Waals surface area contributed by atoms with Crippen LogP contribution in [-0.2, 0) is 24.8 Å². The Bertz CT molecular complexity index is 1340. The Labute approximate surface area is 219 Å². The van der Waals surface area contributed by atoms with Gasteiger partial charge in [-0.2, -0.15) is 8.61 Å². The molecule has 202 valence electrons. The van der Waals surface area contributed by atoms with Gasteiger partial charge in [0.15, 0.2) is 0 Å². The van der Waals surface area contributed by atoms with E-state index < -0.39 is 26.0 Å². The van der Waals surface area contributed by atoms with E-state index in [0.29, 0.717) is 24.3 Å². The van der Waals surface area contributed by atoms with Gasteiger partial charge in [-0.1, -0.05) is 25.0 Å². The van der Waals surface area contributed by atoms with Crippen LogP contribution >= 0.6 is 0 Å². The van der Waals surface area contributed by atoms with Crippen LogP contribution in [0.3, 0.4) is 0 Å². The normalized spacial score (nSPS) is 22.4. The molecule has 2 heterocycles. The number of nitrogens with zero attached hydrogens (tertiary/aromatic N) is 2. The van der Waals surface area contributed by atoms with Crippen LogP contribution in [0, 0.1) is 6.92 Å². The number of amides is 1. The van der Waals surface area contributed by atoms with E-state index in [1.54, 1.807) is 19.1 Å². The zero-order valence-corrected chi connectivity index (χ0v) is 23.1. The molecule has 2 saturated heterocycles. The minimum Gasteiger partial charge on any atom is -0.373 e. The number of morpholine rings is 1. The number of hydrogen-bond acceptors (Lipinski definition) is 6. The predicted octanol–water partition coefficient (Wildman–Crippen LogP) is 3.61. The average Bonchev–Trinajstić information content (AvgIpc) is 3.15. The van der Waals surface area contributed by atoms with Gasteiger partial charge in [0, 0.05) is 37.4 Å². The average molecular weight is 550 g/mol. The van der Waals surface area contributed by atoms with E-state index in [4.69, 9.17) is 4.74 Å². The first kappa shape index (κ1) is 27.7. The van der Waals surface area contributed by atoms with Crippen molar-refractivity contribution in [2.24, 2.45) is 0 Å². The molecule has 1 N–H and O–H groups in total. The fourth-order valence-corrected chi connectivity index (χ4v) is 8.26. The fourth-order valence-electron chi connectivity index (χ4n) is 4.85. The van der Waals surface area contributed by atoms with Crippen molar-refractivity contribution in [3.8, 4) is 0 Å². The van der Waals surface area contributed by atoms with Crippen molar-refractivity contribution in [2.45, 2.75) is 68.5 Å². The van der Waals surface area contributed by atoms with Crippen LogP contribution in [0.25, 0.3) is 0 Å². The van der Waals surface area contributed by atoms with Gasteiger partial charge in [0.1, 0.15) is 0 Å². The number of benzene rings is 2. The number of ether oxygens (including phenoxy) is 1. The Balaban J connectivity index is 1.55. The van der Waals surface area contributed by atoms with Gasteiger partial charge in [-0.3, -0.25) is 4.79 Å². The van der Waals surface area contributed by atoms with Gasteiger partial charge in [-0.25, -0.2) is 16.8 Å². The highest BCUT2D eigenvalue weighted by atomic mass is 32.2. The molecule has 2 aromatic carbocycles. The first-order valence-electron chi connectivity index (χ1n) is 12.7. The molecule has 0 saturated carbocycles. The maximum atomic E-state index is 13.4. The Morgan fingerprint density at radius 2 is 1.51 bits per heavy atom. The van der Waals surface area contributed by atoms with Gasteiger partial charge in [-0.15, -0.1) is 0 Å². The standard InChI is InChI=1S/C26H35N3O6S2/c1-19-11-12-23(16-25(19)37(33,34)28-13-6-4-5-7-14-28)27-26(30)22-9-8-10-24(15-22)36(31,32)29-17-20(2)35-21(3)18-29/h8-12,15-16,20-21H,4-7,13-14,17-18H2,1-3H3,(H,27,30)/t20-,21+. The summed E-state index contributed by atoms with van der Waals surface area (Å²) in [7, 11) is -7.51.